The minimum atomic E-state index is -0.564. The van der Waals surface area contributed by atoms with Crippen LogP contribution in [-0.4, -0.2) is 37.5 Å². The molecule has 0 aliphatic carbocycles. The van der Waals surface area contributed by atoms with E-state index in [1.54, 1.807) is 7.11 Å². The predicted octanol–water partition coefficient (Wildman–Crippen LogP) is 0.342. The maximum atomic E-state index is 11.8. The van der Waals surface area contributed by atoms with Crippen LogP contribution in [0, 0.1) is 0 Å². The lowest BCUT2D eigenvalue weighted by molar-refractivity contribution is -0.122. The maximum Gasteiger partial charge on any atom is 0.322 e. The summed E-state index contributed by atoms with van der Waals surface area (Å²) in [6, 6.07) is 6.52. The molecule has 0 aromatic heterocycles. The zero-order valence-corrected chi connectivity index (χ0v) is 12.3. The van der Waals surface area contributed by atoms with Crippen LogP contribution < -0.4 is 20.7 Å². The molecule has 118 valence electrons. The third kappa shape index (κ3) is 4.47. The number of benzene rings is 1. The minimum absolute atomic E-state index is 0.0902. The summed E-state index contributed by atoms with van der Waals surface area (Å²) in [4.78, 5) is 34.0. The Balaban J connectivity index is 1.67. The van der Waals surface area contributed by atoms with E-state index in [4.69, 9.17) is 4.74 Å². The largest absolute Gasteiger partial charge is 0.497 e. The Morgan fingerprint density at radius 2 is 2.18 bits per heavy atom. The van der Waals surface area contributed by atoms with Gasteiger partial charge in [-0.15, -0.1) is 0 Å². The molecule has 1 aromatic carbocycles. The highest BCUT2D eigenvalue weighted by atomic mass is 16.5. The first-order chi connectivity index (χ1) is 10.6. The second kappa shape index (κ2) is 7.44. The predicted molar refractivity (Wildman–Crippen MR) is 79.4 cm³/mol. The fraction of sp³-hybridized carbons (Fsp3) is 0.400. The molecule has 2 rings (SSSR count). The van der Waals surface area contributed by atoms with Gasteiger partial charge in [0, 0.05) is 13.0 Å². The smallest absolute Gasteiger partial charge is 0.322 e. The van der Waals surface area contributed by atoms with Crippen LogP contribution in [0.2, 0.25) is 0 Å². The van der Waals surface area contributed by atoms with E-state index in [-0.39, 0.29) is 11.8 Å². The van der Waals surface area contributed by atoms with Crippen LogP contribution in [0.25, 0.3) is 0 Å². The summed E-state index contributed by atoms with van der Waals surface area (Å²) in [7, 11) is 1.60. The average molecular weight is 305 g/mol. The fourth-order valence-corrected chi connectivity index (χ4v) is 2.19. The highest BCUT2D eigenvalue weighted by Gasteiger charge is 2.28. The molecule has 1 atom stereocenters. The van der Waals surface area contributed by atoms with Gasteiger partial charge in [-0.3, -0.25) is 14.9 Å². The van der Waals surface area contributed by atoms with Gasteiger partial charge in [0.1, 0.15) is 11.8 Å². The highest BCUT2D eigenvalue weighted by molar-refractivity contribution is 6.04. The minimum Gasteiger partial charge on any atom is -0.497 e. The average Bonchev–Trinajstić information content (AvgIpc) is 2.83. The number of aryl methyl sites for hydroxylation is 1. The van der Waals surface area contributed by atoms with Crippen molar-refractivity contribution >= 4 is 17.8 Å². The molecule has 1 heterocycles. The van der Waals surface area contributed by atoms with Gasteiger partial charge in [0.05, 0.1) is 7.11 Å². The number of nitrogens with one attached hydrogen (secondary N) is 3. The number of urea groups is 1. The number of carbonyl (C=O) groups is 3. The van der Waals surface area contributed by atoms with Gasteiger partial charge in [-0.05, 0) is 30.5 Å². The number of carbonyl (C=O) groups excluding carboxylic acids is 3. The van der Waals surface area contributed by atoms with Crippen LogP contribution in [0.5, 0.6) is 5.75 Å². The van der Waals surface area contributed by atoms with Crippen molar-refractivity contribution in [2.24, 2.45) is 0 Å². The molecule has 0 radical (unpaired) electrons. The van der Waals surface area contributed by atoms with Crippen LogP contribution in [0.3, 0.4) is 0 Å². The van der Waals surface area contributed by atoms with Gasteiger partial charge in [0.25, 0.3) is 5.91 Å². The molecule has 1 saturated heterocycles. The van der Waals surface area contributed by atoms with Crippen molar-refractivity contribution in [1.29, 1.82) is 0 Å². The second-order valence-electron chi connectivity index (χ2n) is 5.01. The molecule has 0 spiro atoms. The van der Waals surface area contributed by atoms with Crippen LogP contribution in [-0.2, 0) is 16.0 Å². The van der Waals surface area contributed by atoms with Crippen molar-refractivity contribution in [2.75, 3.05) is 13.7 Å². The van der Waals surface area contributed by atoms with E-state index in [0.717, 1.165) is 11.3 Å². The number of methoxy groups -OCH3 is 1. The first-order valence-corrected chi connectivity index (χ1v) is 7.09. The summed E-state index contributed by atoms with van der Waals surface area (Å²) in [5.74, 6) is 0.323. The number of hydrogen-bond acceptors (Lipinski definition) is 4. The highest BCUT2D eigenvalue weighted by Crippen LogP contribution is 2.13. The van der Waals surface area contributed by atoms with Crippen molar-refractivity contribution in [3.8, 4) is 5.75 Å². The zero-order chi connectivity index (χ0) is 15.9. The Morgan fingerprint density at radius 1 is 1.36 bits per heavy atom. The molecule has 1 unspecified atom stereocenters. The summed E-state index contributed by atoms with van der Waals surface area (Å²) in [6.45, 7) is 0.343. The molecule has 0 saturated carbocycles. The topological polar surface area (TPSA) is 96.5 Å². The number of ether oxygens (including phenoxy) is 1. The first kappa shape index (κ1) is 15.8. The lowest BCUT2D eigenvalue weighted by atomic mass is 10.1. The van der Waals surface area contributed by atoms with Crippen molar-refractivity contribution in [1.82, 2.24) is 16.0 Å². The third-order valence-electron chi connectivity index (χ3n) is 3.39. The van der Waals surface area contributed by atoms with Gasteiger partial charge in [-0.2, -0.15) is 0 Å². The molecule has 3 N–H and O–H groups in total. The zero-order valence-electron chi connectivity index (χ0n) is 12.3. The first-order valence-electron chi connectivity index (χ1n) is 7.09. The molecule has 1 aliphatic rings. The summed E-state index contributed by atoms with van der Waals surface area (Å²) in [6.07, 6.45) is 1.35. The molecular formula is C15H19N3O4. The van der Waals surface area contributed by atoms with Gasteiger partial charge in [-0.1, -0.05) is 12.1 Å². The van der Waals surface area contributed by atoms with Gasteiger partial charge in [-0.25, -0.2) is 4.79 Å². The molecule has 1 aliphatic heterocycles. The van der Waals surface area contributed by atoms with Crippen LogP contribution >= 0.6 is 0 Å². The molecule has 1 fully saturated rings. The van der Waals surface area contributed by atoms with E-state index in [9.17, 15) is 14.4 Å². The van der Waals surface area contributed by atoms with Crippen molar-refractivity contribution < 1.29 is 19.1 Å². The number of amides is 4. The lowest BCUT2D eigenvalue weighted by Crippen LogP contribution is -2.34. The Kier molecular flexibility index (Phi) is 5.35. The van der Waals surface area contributed by atoms with Crippen LogP contribution in [0.4, 0.5) is 4.79 Å². The Labute approximate surface area is 128 Å². The number of rotatable bonds is 7. The molecule has 22 heavy (non-hydrogen) atoms. The van der Waals surface area contributed by atoms with Crippen molar-refractivity contribution in [3.63, 3.8) is 0 Å². The second-order valence-corrected chi connectivity index (χ2v) is 5.01. The molecule has 7 heteroatoms. The van der Waals surface area contributed by atoms with E-state index in [0.29, 0.717) is 25.8 Å². The third-order valence-corrected chi connectivity index (χ3v) is 3.39. The molecule has 4 amide bonds. The Hall–Kier alpha value is -2.57. The number of imide groups is 1. The van der Waals surface area contributed by atoms with E-state index in [2.05, 4.69) is 16.0 Å². The number of hydrogen-bond donors (Lipinski definition) is 3. The molecular weight excluding hydrogens is 286 g/mol. The Morgan fingerprint density at radius 3 is 2.86 bits per heavy atom. The summed E-state index contributed by atoms with van der Waals surface area (Å²) < 4.78 is 5.13. The Bertz CT molecular complexity index is 574. The van der Waals surface area contributed by atoms with Gasteiger partial charge >= 0.3 is 6.03 Å². The van der Waals surface area contributed by atoms with E-state index < -0.39 is 12.1 Å². The van der Waals surface area contributed by atoms with Gasteiger partial charge < -0.3 is 15.4 Å². The van der Waals surface area contributed by atoms with Crippen molar-refractivity contribution in [3.05, 3.63) is 29.8 Å². The SMILES string of the molecule is COc1cccc(CCC(=O)NCCC2NC(=O)NC2=O)c1. The van der Waals surface area contributed by atoms with Gasteiger partial charge in [0.2, 0.25) is 5.91 Å². The normalized spacial score (nSPS) is 16.9. The standard InChI is InChI=1S/C15H19N3O4/c1-22-11-4-2-3-10(9-11)5-6-13(19)16-8-7-12-14(20)18-15(21)17-12/h2-4,9,12H,5-8H2,1H3,(H,16,19)(H2,17,18,20,21). The summed E-state index contributed by atoms with van der Waals surface area (Å²) in [5, 5.41) is 7.37. The maximum absolute atomic E-state index is 11.8. The molecule has 7 nitrogen and oxygen atoms in total. The molecule has 1 aromatic rings. The van der Waals surface area contributed by atoms with Crippen LogP contribution in [0.1, 0.15) is 18.4 Å². The summed E-state index contributed by atoms with van der Waals surface area (Å²) in [5.41, 5.74) is 1.02. The van der Waals surface area contributed by atoms with Crippen LogP contribution in [0.15, 0.2) is 24.3 Å². The monoisotopic (exact) mass is 305 g/mol. The van der Waals surface area contributed by atoms with Crippen molar-refractivity contribution in [2.45, 2.75) is 25.3 Å². The molecule has 0 bridgehead atoms. The van der Waals surface area contributed by atoms with E-state index >= 15 is 0 Å². The van der Waals surface area contributed by atoms with E-state index in [1.807, 2.05) is 24.3 Å². The van der Waals surface area contributed by atoms with Gasteiger partial charge in [0.15, 0.2) is 0 Å². The summed E-state index contributed by atoms with van der Waals surface area (Å²) >= 11 is 0. The quantitative estimate of drug-likeness (QED) is 0.633. The fourth-order valence-electron chi connectivity index (χ4n) is 2.19. The lowest BCUT2D eigenvalue weighted by Gasteiger charge is -2.09. The van der Waals surface area contributed by atoms with E-state index in [1.165, 1.54) is 0 Å².